The normalized spacial score (nSPS) is 24.0. The van der Waals surface area contributed by atoms with Crippen molar-refractivity contribution in [3.63, 3.8) is 0 Å². The molecule has 0 heterocycles. The smallest absolute Gasteiger partial charge is 0.336 e. The van der Waals surface area contributed by atoms with Gasteiger partial charge in [0, 0.05) is 0 Å². The van der Waals surface area contributed by atoms with Gasteiger partial charge in [-0.15, -0.1) is 0 Å². The number of carbonyl (C=O) groups is 2. The van der Waals surface area contributed by atoms with Gasteiger partial charge in [-0.3, -0.25) is 4.79 Å². The van der Waals surface area contributed by atoms with Crippen molar-refractivity contribution in [1.82, 2.24) is 0 Å². The molecule has 0 unspecified atom stereocenters. The van der Waals surface area contributed by atoms with Crippen LogP contribution in [0.1, 0.15) is 42.8 Å². The molecule has 1 fully saturated rings. The van der Waals surface area contributed by atoms with Gasteiger partial charge in [-0.25, -0.2) is 4.79 Å². The molecule has 0 saturated heterocycles. The van der Waals surface area contributed by atoms with Gasteiger partial charge >= 0.3 is 11.9 Å². The Morgan fingerprint density at radius 3 is 0.596 bits per heavy atom. The Kier molecular flexibility index (Phi) is 2.96. The van der Waals surface area contributed by atoms with E-state index in [1.54, 1.807) is 0 Å². The van der Waals surface area contributed by atoms with Crippen LogP contribution >= 0.6 is 6.89 Å². The van der Waals surface area contributed by atoms with Crippen LogP contribution in [0.2, 0.25) is 0 Å². The summed E-state index contributed by atoms with van der Waals surface area (Å²) in [5.74, 6) is -2.44. The van der Waals surface area contributed by atoms with E-state index in [1.165, 1.54) is 158 Å². The van der Waals surface area contributed by atoms with Crippen LogP contribution in [0.3, 0.4) is 0 Å². The minimum Gasteiger partial charge on any atom is -0.468 e. The van der Waals surface area contributed by atoms with Crippen molar-refractivity contribution in [2.75, 3.05) is 14.2 Å². The molecule has 386 valence electrons. The summed E-state index contributed by atoms with van der Waals surface area (Å²) in [7, 11) is 2.33. The van der Waals surface area contributed by atoms with E-state index in [1.807, 2.05) is 0 Å². The highest BCUT2D eigenvalue weighted by Crippen LogP contribution is 2.97. The van der Waals surface area contributed by atoms with Gasteiger partial charge in [-0.1, -0.05) is 90.6 Å². The molecule has 5 aliphatic rings. The standard InChI is InChI=1S/C84H21O4P/c1-87-80(85)79(89(18-12-6-3-7-13-18,19-14-8-4-9-15-19)20-16-10-5-11-17-20)84(81(86)88-2)82-75-67-59-49-39-31-23-21-22-25-29-27(23)35-43-37(29)47-41-33(25)34-26(22)30-28-24(21)32(31)40-46-36(28)44-38(30)48-42(34)52-51(41)61-55(47)65-57(43)63(53(59)45(35)39)71(75)73(65)77-69(61)70-62(52)56(48)66-58(44)64-54(46)60(50(40)49)68(67)76(82)72(64)74(66)78(70)83(77,82)84/h3-17H,1-2H3/i3D,4D,5D,6D,7D,8D,9D,10D,11D,12D,13D,14D,15D,16D,17D. The van der Waals surface area contributed by atoms with Crippen LogP contribution in [-0.4, -0.2) is 31.5 Å². The van der Waals surface area contributed by atoms with E-state index in [9.17, 15) is 20.6 Å². The summed E-state index contributed by atoms with van der Waals surface area (Å²) in [6.45, 7) is -6.08. The Balaban J connectivity index is 0.976. The Morgan fingerprint density at radius 2 is 0.438 bits per heavy atom. The maximum absolute atomic E-state index is 18.8. The van der Waals surface area contributed by atoms with Gasteiger partial charge in [0.1, 0.15) is 5.41 Å². The largest absolute Gasteiger partial charge is 0.468 e. The van der Waals surface area contributed by atoms with E-state index in [-0.39, 0.29) is 0 Å². The Hall–Kier alpha value is -10.6. The van der Waals surface area contributed by atoms with E-state index >= 15 is 9.59 Å². The van der Waals surface area contributed by atoms with Gasteiger partial charge in [0.2, 0.25) is 0 Å². The van der Waals surface area contributed by atoms with Crippen molar-refractivity contribution in [2.24, 2.45) is 5.41 Å². The van der Waals surface area contributed by atoms with Gasteiger partial charge in [0.25, 0.3) is 0 Å². The zero-order valence-corrected chi connectivity index (χ0v) is 46.0. The van der Waals surface area contributed by atoms with Crippen LogP contribution in [0.15, 0.2) is 90.6 Å². The second kappa shape index (κ2) is 9.12. The monoisotopic (exact) mass is 1140 g/mol. The molecule has 5 heteroatoms. The number of rotatable bonds is 6. The lowest BCUT2D eigenvalue weighted by Crippen LogP contribution is -2.46. The topological polar surface area (TPSA) is 52.6 Å². The molecular formula is C84H21O4P. The summed E-state index contributed by atoms with van der Waals surface area (Å²) in [6, 6.07) is -15.1. The van der Waals surface area contributed by atoms with Gasteiger partial charge in [0.05, 0.1) is 50.9 Å². The Bertz CT molecular complexity index is 8850. The van der Waals surface area contributed by atoms with Crippen LogP contribution in [0.25, 0.3) is 291 Å². The quantitative estimate of drug-likeness (QED) is 0.0946. The highest BCUT2D eigenvalue weighted by molar-refractivity contribution is 7.96. The van der Waals surface area contributed by atoms with Crippen LogP contribution in [0.4, 0.5) is 0 Å². The van der Waals surface area contributed by atoms with Crippen molar-refractivity contribution < 1.29 is 39.6 Å². The van der Waals surface area contributed by atoms with Gasteiger partial charge in [-0.05, 0) is 336 Å². The van der Waals surface area contributed by atoms with E-state index < -0.39 is 147 Å². The zero-order valence-electron chi connectivity index (χ0n) is 60.1. The highest BCUT2D eigenvalue weighted by Gasteiger charge is 3.00. The maximum Gasteiger partial charge on any atom is 0.336 e. The predicted octanol–water partition coefficient (Wildman–Crippen LogP) is 18.8. The van der Waals surface area contributed by atoms with Crippen molar-refractivity contribution in [1.29, 1.82) is 0 Å². The molecule has 0 N–H and O–H groups in total. The minimum absolute atomic E-state index is 0.737. The minimum atomic E-state index is -6.08. The zero-order chi connectivity index (χ0) is 68.0. The molecule has 4 nitrogen and oxygen atoms in total. The van der Waals surface area contributed by atoms with E-state index in [2.05, 4.69) is 0 Å². The molecular weight excluding hydrogens is 1100 g/mol. The van der Waals surface area contributed by atoms with Gasteiger partial charge in [-0.2, -0.15) is 0 Å². The molecule has 89 heavy (non-hydrogen) atoms. The molecule has 0 aliphatic heterocycles. The fourth-order valence-electron chi connectivity index (χ4n) is 28.0. The number of hydrogen-bond acceptors (Lipinski definition) is 4. The van der Waals surface area contributed by atoms with Crippen molar-refractivity contribution in [3.8, 4) is 0 Å². The first-order valence-electron chi connectivity index (χ1n) is 38.3. The summed E-state index contributed by atoms with van der Waals surface area (Å²) in [5.41, 5.74) is -3.81. The highest BCUT2D eigenvalue weighted by atomic mass is 31.2. The summed E-state index contributed by atoms with van der Waals surface area (Å²) in [4.78, 5) is 37.0. The van der Waals surface area contributed by atoms with Crippen molar-refractivity contribution in [3.05, 3.63) is 113 Å². The molecule has 0 aromatic heterocycles. The lowest BCUT2D eigenvalue weighted by atomic mass is 9.68. The third-order valence-corrected chi connectivity index (χ3v) is 32.3. The van der Waals surface area contributed by atoms with E-state index in [0.717, 1.165) is 169 Å². The SMILES string of the molecule is [2H]c1c([2H])c([2H])c(P(=C(C(=O)OC)C2(C(=O)OC)C34c5c6c7c8c9c%10c(c%11c%12c3c3c5c5c%13c6c6c7c7c9c9c%14c%10c%10c%11c%11c%12c%12c3c3c5c5c%13c%13c6c6c7c9c7c9c%14c%10c%10c%11c%11c%12c3c3c5c5c%13c6c7c6c9c%10c%11c3c56)C824)(c2c([2H])c([2H])c([2H])c([2H])c2[2H])c2c([2H])c([2H])c([2H])c([2H])c2[2H])c([2H])c1[2H]. The second-order valence-corrected chi connectivity index (χ2v) is 32.1. The lowest BCUT2D eigenvalue weighted by molar-refractivity contribution is -0.146. The molecule has 1 saturated carbocycles. The first-order chi connectivity index (χ1) is 50.3. The number of hydrogen-bond donors (Lipinski definition) is 0. The maximum atomic E-state index is 18.8. The van der Waals surface area contributed by atoms with E-state index in [4.69, 9.17) is 9.47 Å². The fourth-order valence-corrected chi connectivity index (χ4v) is 32.0. The molecule has 31 aromatic rings. The van der Waals surface area contributed by atoms with Gasteiger partial charge in [0.15, 0.2) is 0 Å². The molecule has 2 spiro atoms. The Labute approximate surface area is 511 Å². The molecule has 0 amide bonds. The van der Waals surface area contributed by atoms with Crippen molar-refractivity contribution in [2.45, 2.75) is 10.8 Å². The molecule has 31 aromatic carbocycles. The molecule has 0 radical (unpaired) electrons. The van der Waals surface area contributed by atoms with Crippen LogP contribution < -0.4 is 15.9 Å². The average Bonchev–Trinajstić information content (AvgIpc) is 1.35. The van der Waals surface area contributed by atoms with Crippen molar-refractivity contribution >= 4 is 331 Å². The molecule has 5 aliphatic carbocycles. The predicted molar refractivity (Wildman–Crippen MR) is 370 cm³/mol. The van der Waals surface area contributed by atoms with E-state index in [0.29, 0.717) is 0 Å². The van der Waals surface area contributed by atoms with Crippen LogP contribution in [0, 0.1) is 5.41 Å². The third-order valence-electron chi connectivity index (χ3n) is 28.4. The fraction of sp³-hybridized carbons (Fsp3) is 0.0595. The summed E-state index contributed by atoms with van der Waals surface area (Å²) >= 11 is 0. The summed E-state index contributed by atoms with van der Waals surface area (Å²) in [5, 5.41) is 59.9. The van der Waals surface area contributed by atoms with Crippen LogP contribution in [-0.2, 0) is 29.9 Å². The molecule has 0 atom stereocenters. The third kappa shape index (κ3) is 2.21. The average molecular weight is 1140 g/mol. The molecule has 0 bridgehead atoms. The number of methoxy groups -OCH3 is 2. The first-order valence-corrected chi connectivity index (χ1v) is 32.6. The Morgan fingerprint density at radius 1 is 0.270 bits per heavy atom. The van der Waals surface area contributed by atoms with Gasteiger partial charge < -0.3 is 9.47 Å². The first kappa shape index (κ1) is 28.9. The number of carbonyl (C=O) groups excluding carboxylic acids is 2. The number of esters is 2. The lowest BCUT2D eigenvalue weighted by Gasteiger charge is -2.36. The van der Waals surface area contributed by atoms with Crippen LogP contribution in [0.5, 0.6) is 0 Å². The molecule has 36 rings (SSSR count). The number of ether oxygens (including phenoxy) is 2. The number of benzene rings is 21. The summed E-state index contributed by atoms with van der Waals surface area (Å²) in [6.07, 6.45) is 0. The summed E-state index contributed by atoms with van der Waals surface area (Å²) < 4.78 is 164. The second-order valence-electron chi connectivity index (χ2n) is 28.9.